The number of fused-ring (bicyclic) bond motifs is 1. The molecule has 1 fully saturated rings. The molecule has 0 heterocycles. The number of hydrogen-bond acceptors (Lipinski definition) is 1. The van der Waals surface area contributed by atoms with E-state index in [-0.39, 0.29) is 6.10 Å². The summed E-state index contributed by atoms with van der Waals surface area (Å²) in [6, 6.07) is 8.55. The minimum absolute atomic E-state index is 0.298. The van der Waals surface area contributed by atoms with E-state index in [9.17, 15) is 5.11 Å². The molecular formula is C20H28OSi. The van der Waals surface area contributed by atoms with E-state index in [2.05, 4.69) is 55.7 Å². The zero-order chi connectivity index (χ0) is 15.7. The van der Waals surface area contributed by atoms with Gasteiger partial charge in [0.25, 0.3) is 0 Å². The van der Waals surface area contributed by atoms with Gasteiger partial charge >= 0.3 is 0 Å². The summed E-state index contributed by atoms with van der Waals surface area (Å²) in [5.41, 5.74) is 7.87. The van der Waals surface area contributed by atoms with Gasteiger partial charge in [-0.1, -0.05) is 67.7 Å². The monoisotopic (exact) mass is 312 g/mol. The van der Waals surface area contributed by atoms with Gasteiger partial charge in [0.2, 0.25) is 0 Å². The lowest BCUT2D eigenvalue weighted by Crippen LogP contribution is -2.19. The highest BCUT2D eigenvalue weighted by molar-refractivity contribution is 6.80. The normalized spacial score (nSPS) is 29.1. The zero-order valence-corrected chi connectivity index (χ0v) is 15.1. The van der Waals surface area contributed by atoms with Crippen molar-refractivity contribution in [3.63, 3.8) is 0 Å². The van der Waals surface area contributed by atoms with E-state index in [1.807, 2.05) is 0 Å². The van der Waals surface area contributed by atoms with E-state index in [0.29, 0.717) is 5.92 Å². The number of rotatable bonds is 2. The van der Waals surface area contributed by atoms with Gasteiger partial charge in [0, 0.05) is 6.42 Å². The highest BCUT2D eigenvalue weighted by atomic mass is 28.3. The first kappa shape index (κ1) is 15.8. The third-order valence-electron chi connectivity index (χ3n) is 4.89. The molecule has 1 aromatic carbocycles. The summed E-state index contributed by atoms with van der Waals surface area (Å²) < 4.78 is 0. The van der Waals surface area contributed by atoms with Crippen molar-refractivity contribution in [1.82, 2.24) is 0 Å². The fourth-order valence-electron chi connectivity index (χ4n) is 3.83. The molecule has 2 unspecified atom stereocenters. The molecule has 0 saturated heterocycles. The Morgan fingerprint density at radius 1 is 1.14 bits per heavy atom. The maximum Gasteiger partial charge on any atom is 0.0836 e. The molecular weight excluding hydrogens is 284 g/mol. The summed E-state index contributed by atoms with van der Waals surface area (Å²) in [6.45, 7) is 7.16. The summed E-state index contributed by atoms with van der Waals surface area (Å²) >= 11 is 0. The zero-order valence-electron chi connectivity index (χ0n) is 14.1. The highest BCUT2D eigenvalue weighted by Crippen LogP contribution is 2.42. The van der Waals surface area contributed by atoms with Gasteiger partial charge in [-0.2, -0.15) is 0 Å². The van der Waals surface area contributed by atoms with E-state index >= 15 is 0 Å². The first-order valence-electron chi connectivity index (χ1n) is 8.64. The summed E-state index contributed by atoms with van der Waals surface area (Å²) in [6.07, 6.45) is 7.94. The van der Waals surface area contributed by atoms with E-state index in [0.717, 1.165) is 12.8 Å². The molecule has 2 aliphatic carbocycles. The average Bonchev–Trinajstić information content (AvgIpc) is 2.80. The molecule has 1 N–H and O–H groups in total. The molecule has 0 aromatic heterocycles. The summed E-state index contributed by atoms with van der Waals surface area (Å²) in [5, 5.41) is 10.6. The molecule has 1 nitrogen and oxygen atoms in total. The number of aliphatic hydroxyl groups excluding tert-OH is 1. The van der Waals surface area contributed by atoms with Crippen LogP contribution in [0.3, 0.4) is 0 Å². The molecule has 1 aromatic rings. The van der Waals surface area contributed by atoms with Gasteiger partial charge in [0.15, 0.2) is 0 Å². The molecule has 2 aliphatic rings. The largest absolute Gasteiger partial charge is 0.388 e. The second-order valence-corrected chi connectivity index (χ2v) is 13.0. The highest BCUT2D eigenvalue weighted by Gasteiger charge is 2.30. The van der Waals surface area contributed by atoms with E-state index in [4.69, 9.17) is 0 Å². The molecule has 1 saturated carbocycles. The molecule has 3 rings (SSSR count). The maximum atomic E-state index is 10.6. The third kappa shape index (κ3) is 3.28. The maximum absolute atomic E-state index is 10.6. The van der Waals surface area contributed by atoms with Crippen LogP contribution in [-0.2, 0) is 6.42 Å². The third-order valence-corrected chi connectivity index (χ3v) is 6.08. The Morgan fingerprint density at radius 3 is 2.68 bits per heavy atom. The lowest BCUT2D eigenvalue weighted by atomic mass is 9.80. The van der Waals surface area contributed by atoms with Gasteiger partial charge in [0.1, 0.15) is 0 Å². The van der Waals surface area contributed by atoms with Gasteiger partial charge in [-0.05, 0) is 41.9 Å². The Hall–Kier alpha value is -1.12. The second kappa shape index (κ2) is 6.17. The number of allylic oxidation sites excluding steroid dienone is 2. The van der Waals surface area contributed by atoms with E-state index in [1.54, 1.807) is 0 Å². The Kier molecular flexibility index (Phi) is 4.42. The van der Waals surface area contributed by atoms with Crippen LogP contribution in [0.5, 0.6) is 0 Å². The minimum Gasteiger partial charge on any atom is -0.388 e. The standard InChI is InChI=1S/C20H28OSi/c1-22(2,3)13-12-15-8-4-6-10-17(15)20-18-11-7-5-9-16(18)14-19(20)21/h5,7,9,11-13,15,19,21H,4,6,8,10,14H2,1-3H3/b13-12+,20-17+. The van der Waals surface area contributed by atoms with E-state index < -0.39 is 8.07 Å². The van der Waals surface area contributed by atoms with Crippen molar-refractivity contribution in [2.24, 2.45) is 5.92 Å². The molecule has 118 valence electrons. The molecule has 0 aliphatic heterocycles. The number of aliphatic hydroxyl groups is 1. The van der Waals surface area contributed by atoms with Crippen molar-refractivity contribution < 1.29 is 5.11 Å². The first-order chi connectivity index (χ1) is 10.5. The quantitative estimate of drug-likeness (QED) is 0.764. The minimum atomic E-state index is -1.16. The molecule has 2 atom stereocenters. The van der Waals surface area contributed by atoms with Crippen LogP contribution in [0, 0.1) is 5.92 Å². The lowest BCUT2D eigenvalue weighted by molar-refractivity contribution is 0.237. The Balaban J connectivity index is 2.01. The summed E-state index contributed by atoms with van der Waals surface area (Å²) in [5.74, 6) is 0.538. The summed E-state index contributed by atoms with van der Waals surface area (Å²) in [7, 11) is -1.16. The van der Waals surface area contributed by atoms with Gasteiger partial charge in [-0.25, -0.2) is 0 Å². The Labute approximate surface area is 135 Å². The van der Waals surface area contributed by atoms with Crippen molar-refractivity contribution >= 4 is 13.6 Å². The summed E-state index contributed by atoms with van der Waals surface area (Å²) in [4.78, 5) is 0. The smallest absolute Gasteiger partial charge is 0.0836 e. The first-order valence-corrected chi connectivity index (χ1v) is 12.2. The van der Waals surface area contributed by atoms with Crippen LogP contribution in [-0.4, -0.2) is 19.3 Å². The van der Waals surface area contributed by atoms with E-state index in [1.165, 1.54) is 41.5 Å². The van der Waals surface area contributed by atoms with Gasteiger partial charge in [-0.3, -0.25) is 0 Å². The topological polar surface area (TPSA) is 20.2 Å². The Bertz CT molecular complexity index is 606. The van der Waals surface area contributed by atoms with Crippen molar-refractivity contribution in [1.29, 1.82) is 0 Å². The van der Waals surface area contributed by atoms with Crippen LogP contribution in [0.25, 0.3) is 5.57 Å². The van der Waals surface area contributed by atoms with Crippen LogP contribution in [0.4, 0.5) is 0 Å². The molecule has 0 radical (unpaired) electrons. The molecule has 0 amide bonds. The van der Waals surface area contributed by atoms with Gasteiger partial charge < -0.3 is 5.11 Å². The fourth-order valence-corrected chi connectivity index (χ4v) is 4.64. The van der Waals surface area contributed by atoms with Gasteiger partial charge in [0.05, 0.1) is 14.2 Å². The molecule has 0 bridgehead atoms. The van der Waals surface area contributed by atoms with Gasteiger partial charge in [-0.15, -0.1) is 0 Å². The van der Waals surface area contributed by atoms with Crippen LogP contribution in [0.15, 0.2) is 41.6 Å². The van der Waals surface area contributed by atoms with Crippen molar-refractivity contribution in [3.05, 3.63) is 52.7 Å². The Morgan fingerprint density at radius 2 is 1.91 bits per heavy atom. The number of hydrogen-bond donors (Lipinski definition) is 1. The lowest BCUT2D eigenvalue weighted by Gasteiger charge is -2.27. The second-order valence-electron chi connectivity index (χ2n) is 7.89. The predicted molar refractivity (Wildman–Crippen MR) is 97.5 cm³/mol. The van der Waals surface area contributed by atoms with Crippen molar-refractivity contribution in [2.75, 3.05) is 0 Å². The molecule has 2 heteroatoms. The van der Waals surface area contributed by atoms with Crippen molar-refractivity contribution in [2.45, 2.75) is 57.8 Å². The molecule has 22 heavy (non-hydrogen) atoms. The predicted octanol–water partition coefficient (Wildman–Crippen LogP) is 4.98. The number of benzene rings is 1. The fraction of sp³-hybridized carbons (Fsp3) is 0.500. The van der Waals surface area contributed by atoms with Crippen molar-refractivity contribution in [3.8, 4) is 0 Å². The van der Waals surface area contributed by atoms with Crippen LogP contribution in [0.2, 0.25) is 19.6 Å². The molecule has 0 spiro atoms. The van der Waals surface area contributed by atoms with Crippen LogP contribution in [0.1, 0.15) is 36.8 Å². The van der Waals surface area contributed by atoms with Crippen LogP contribution >= 0.6 is 0 Å². The average molecular weight is 313 g/mol. The van der Waals surface area contributed by atoms with Crippen LogP contribution < -0.4 is 0 Å². The SMILES string of the molecule is C[Si](C)(C)/C=C/C1CCCC/C1=C1/c2ccccc2CC1O.